The fourth-order valence-electron chi connectivity index (χ4n) is 2.94. The molecule has 0 amide bonds. The molecule has 1 saturated heterocycles. The third kappa shape index (κ3) is 4.22. The highest BCUT2D eigenvalue weighted by Crippen LogP contribution is 2.25. The van der Waals surface area contributed by atoms with Gasteiger partial charge < -0.3 is 5.11 Å². The van der Waals surface area contributed by atoms with Gasteiger partial charge in [-0.2, -0.15) is 0 Å². The van der Waals surface area contributed by atoms with Crippen LogP contribution in [0.5, 0.6) is 0 Å². The van der Waals surface area contributed by atoms with Crippen molar-refractivity contribution in [3.8, 4) is 0 Å². The molecular formula is C16H22ClNO2. The van der Waals surface area contributed by atoms with E-state index in [9.17, 15) is 4.79 Å². The zero-order chi connectivity index (χ0) is 14.5. The van der Waals surface area contributed by atoms with Crippen LogP contribution in [0.15, 0.2) is 18.2 Å². The molecule has 2 rings (SSSR count). The number of hydrogen-bond acceptors (Lipinski definition) is 2. The van der Waals surface area contributed by atoms with Crippen molar-refractivity contribution < 1.29 is 9.90 Å². The largest absolute Gasteiger partial charge is 0.481 e. The first kappa shape index (κ1) is 15.3. The first-order chi connectivity index (χ1) is 9.56. The SMILES string of the molecule is Cc1cc(Cl)ccc1CN1CCCCC1CCC(=O)O. The number of aliphatic carboxylic acids is 1. The normalized spacial score (nSPS) is 20.0. The van der Waals surface area contributed by atoms with E-state index in [1.165, 1.54) is 24.0 Å². The van der Waals surface area contributed by atoms with Crippen molar-refractivity contribution in [1.82, 2.24) is 4.90 Å². The number of hydrogen-bond donors (Lipinski definition) is 1. The molecule has 1 aromatic carbocycles. The van der Waals surface area contributed by atoms with Crippen LogP contribution in [0.2, 0.25) is 5.02 Å². The fourth-order valence-corrected chi connectivity index (χ4v) is 3.17. The Balaban J connectivity index is 2.02. The summed E-state index contributed by atoms with van der Waals surface area (Å²) in [4.78, 5) is 13.2. The molecule has 0 bridgehead atoms. The van der Waals surface area contributed by atoms with Gasteiger partial charge in [0.15, 0.2) is 0 Å². The molecule has 0 radical (unpaired) electrons. The maximum Gasteiger partial charge on any atom is 0.303 e. The number of aryl methyl sites for hydroxylation is 1. The first-order valence-corrected chi connectivity index (χ1v) is 7.65. The first-order valence-electron chi connectivity index (χ1n) is 7.27. The molecule has 3 nitrogen and oxygen atoms in total. The van der Waals surface area contributed by atoms with Gasteiger partial charge in [-0.25, -0.2) is 0 Å². The van der Waals surface area contributed by atoms with Gasteiger partial charge >= 0.3 is 5.97 Å². The maximum atomic E-state index is 10.8. The van der Waals surface area contributed by atoms with E-state index in [0.29, 0.717) is 6.04 Å². The highest BCUT2D eigenvalue weighted by Gasteiger charge is 2.23. The molecule has 0 spiro atoms. The Morgan fingerprint density at radius 1 is 1.45 bits per heavy atom. The fraction of sp³-hybridized carbons (Fsp3) is 0.562. The van der Waals surface area contributed by atoms with Crippen LogP contribution in [-0.2, 0) is 11.3 Å². The Hall–Kier alpha value is -1.06. The topological polar surface area (TPSA) is 40.5 Å². The predicted molar refractivity (Wildman–Crippen MR) is 81.1 cm³/mol. The summed E-state index contributed by atoms with van der Waals surface area (Å²) in [5.74, 6) is -0.696. The highest BCUT2D eigenvalue weighted by molar-refractivity contribution is 6.30. The molecule has 0 aromatic heterocycles. The molecule has 0 saturated carbocycles. The lowest BCUT2D eigenvalue weighted by molar-refractivity contribution is -0.137. The molecule has 110 valence electrons. The van der Waals surface area contributed by atoms with Crippen LogP contribution < -0.4 is 0 Å². The Kier molecular flexibility index (Phi) is 5.44. The van der Waals surface area contributed by atoms with E-state index in [4.69, 9.17) is 16.7 Å². The number of nitrogens with zero attached hydrogens (tertiary/aromatic N) is 1. The quantitative estimate of drug-likeness (QED) is 0.896. The minimum Gasteiger partial charge on any atom is -0.481 e. The molecule has 1 aliphatic heterocycles. The summed E-state index contributed by atoms with van der Waals surface area (Å²) in [5.41, 5.74) is 2.50. The van der Waals surface area contributed by atoms with Crippen LogP contribution in [0.3, 0.4) is 0 Å². The zero-order valence-corrected chi connectivity index (χ0v) is 12.7. The molecule has 1 unspecified atom stereocenters. The van der Waals surface area contributed by atoms with E-state index in [1.54, 1.807) is 0 Å². The van der Waals surface area contributed by atoms with Crippen molar-refractivity contribution >= 4 is 17.6 Å². The van der Waals surface area contributed by atoms with Gasteiger partial charge in [-0.3, -0.25) is 9.69 Å². The second kappa shape index (κ2) is 7.09. The van der Waals surface area contributed by atoms with Crippen molar-refractivity contribution in [3.63, 3.8) is 0 Å². The smallest absolute Gasteiger partial charge is 0.303 e. The molecule has 0 aliphatic carbocycles. The van der Waals surface area contributed by atoms with Crippen LogP contribution >= 0.6 is 11.6 Å². The van der Waals surface area contributed by atoms with E-state index < -0.39 is 5.97 Å². The summed E-state index contributed by atoms with van der Waals surface area (Å²) in [6, 6.07) is 6.41. The van der Waals surface area contributed by atoms with Crippen molar-refractivity contribution in [1.29, 1.82) is 0 Å². The number of carboxylic acid groups (broad SMARTS) is 1. The molecule has 1 atom stereocenters. The number of piperidine rings is 1. The van der Waals surface area contributed by atoms with Crippen molar-refractivity contribution in [2.24, 2.45) is 0 Å². The lowest BCUT2D eigenvalue weighted by Gasteiger charge is -2.36. The lowest BCUT2D eigenvalue weighted by atomic mass is 9.96. The number of likely N-dealkylation sites (tertiary alicyclic amines) is 1. The summed E-state index contributed by atoms with van der Waals surface area (Å²) < 4.78 is 0. The molecule has 1 N–H and O–H groups in total. The van der Waals surface area contributed by atoms with Gasteiger partial charge in [0, 0.05) is 24.0 Å². The van der Waals surface area contributed by atoms with Gasteiger partial charge in [0.2, 0.25) is 0 Å². The second-order valence-electron chi connectivity index (χ2n) is 5.62. The summed E-state index contributed by atoms with van der Waals surface area (Å²) in [7, 11) is 0. The van der Waals surface area contributed by atoms with E-state index in [-0.39, 0.29) is 6.42 Å². The molecular weight excluding hydrogens is 274 g/mol. The Morgan fingerprint density at radius 2 is 2.25 bits per heavy atom. The number of carbonyl (C=O) groups is 1. The lowest BCUT2D eigenvalue weighted by Crippen LogP contribution is -2.39. The monoisotopic (exact) mass is 295 g/mol. The zero-order valence-electron chi connectivity index (χ0n) is 11.9. The van der Waals surface area contributed by atoms with E-state index in [0.717, 1.165) is 31.0 Å². The van der Waals surface area contributed by atoms with Gasteiger partial charge in [0.1, 0.15) is 0 Å². The van der Waals surface area contributed by atoms with Gasteiger partial charge in [-0.1, -0.05) is 24.1 Å². The molecule has 4 heteroatoms. The molecule has 1 heterocycles. The van der Waals surface area contributed by atoms with Gasteiger partial charge in [-0.15, -0.1) is 0 Å². The average Bonchev–Trinajstić information content (AvgIpc) is 2.41. The summed E-state index contributed by atoms with van der Waals surface area (Å²) in [6.45, 7) is 4.04. The average molecular weight is 296 g/mol. The minimum atomic E-state index is -0.696. The van der Waals surface area contributed by atoms with Crippen LogP contribution in [0.1, 0.15) is 43.2 Å². The van der Waals surface area contributed by atoms with Crippen molar-refractivity contribution in [3.05, 3.63) is 34.3 Å². The summed E-state index contributed by atoms with van der Waals surface area (Å²) in [5, 5.41) is 9.63. The highest BCUT2D eigenvalue weighted by atomic mass is 35.5. The Labute approximate surface area is 125 Å². The third-order valence-electron chi connectivity index (χ3n) is 4.12. The maximum absolute atomic E-state index is 10.8. The number of halogens is 1. The van der Waals surface area contributed by atoms with Gasteiger partial charge in [0.05, 0.1) is 0 Å². The Bertz CT molecular complexity index is 476. The van der Waals surface area contributed by atoms with Gasteiger partial charge in [-0.05, 0) is 56.0 Å². The summed E-state index contributed by atoms with van der Waals surface area (Å²) >= 11 is 5.99. The Morgan fingerprint density at radius 3 is 2.95 bits per heavy atom. The molecule has 1 aromatic rings. The van der Waals surface area contributed by atoms with E-state index >= 15 is 0 Å². The number of benzene rings is 1. The number of rotatable bonds is 5. The second-order valence-corrected chi connectivity index (χ2v) is 6.06. The third-order valence-corrected chi connectivity index (χ3v) is 4.35. The van der Waals surface area contributed by atoms with Crippen LogP contribution in [0.4, 0.5) is 0 Å². The van der Waals surface area contributed by atoms with Gasteiger partial charge in [0.25, 0.3) is 0 Å². The predicted octanol–water partition coefficient (Wildman–Crippen LogP) is 3.87. The van der Waals surface area contributed by atoms with Crippen LogP contribution in [0, 0.1) is 6.92 Å². The van der Waals surface area contributed by atoms with Crippen LogP contribution in [-0.4, -0.2) is 28.6 Å². The minimum absolute atomic E-state index is 0.265. The molecule has 1 fully saturated rings. The summed E-state index contributed by atoms with van der Waals surface area (Å²) in [6.07, 6.45) is 4.54. The van der Waals surface area contributed by atoms with Crippen molar-refractivity contribution in [2.45, 2.75) is 51.6 Å². The number of carboxylic acids is 1. The standard InChI is InChI=1S/C16H22ClNO2/c1-12-10-14(17)6-5-13(12)11-18-9-3-2-4-15(18)7-8-16(19)20/h5-6,10,15H,2-4,7-9,11H2,1H3,(H,19,20). The molecule has 1 aliphatic rings. The van der Waals surface area contributed by atoms with Crippen LogP contribution in [0.25, 0.3) is 0 Å². The van der Waals surface area contributed by atoms with E-state index in [2.05, 4.69) is 17.9 Å². The molecule has 20 heavy (non-hydrogen) atoms. The van der Waals surface area contributed by atoms with E-state index in [1.807, 2.05) is 12.1 Å². The van der Waals surface area contributed by atoms with Crippen molar-refractivity contribution in [2.75, 3.05) is 6.54 Å².